The molecule has 2 N–H and O–H groups in total. The topological polar surface area (TPSA) is 58.4 Å². The quantitative estimate of drug-likeness (QED) is 0.230. The van der Waals surface area contributed by atoms with Crippen LogP contribution in [0, 0.1) is 5.82 Å². The fraction of sp³-hybridized carbons (Fsp3) is 0.0345. The average molecular weight is 463 g/mol. The highest BCUT2D eigenvalue weighted by Gasteiger charge is 2.18. The van der Waals surface area contributed by atoms with Gasteiger partial charge in [-0.25, -0.2) is 9.82 Å². The second-order valence-electron chi connectivity index (χ2n) is 7.97. The minimum Gasteiger partial charge on any atom is -0.376 e. The Balaban J connectivity index is 1.48. The molecule has 0 saturated heterocycles. The molecule has 0 radical (unpaired) electrons. The molecule has 0 spiro atoms. The van der Waals surface area contributed by atoms with Crippen LogP contribution in [0.2, 0.25) is 0 Å². The van der Waals surface area contributed by atoms with Crippen LogP contribution in [-0.4, -0.2) is 23.2 Å². The van der Waals surface area contributed by atoms with Crippen LogP contribution in [0.3, 0.4) is 0 Å². The van der Waals surface area contributed by atoms with E-state index in [-0.39, 0.29) is 18.3 Å². The Morgan fingerprint density at radius 2 is 1.49 bits per heavy atom. The van der Waals surface area contributed by atoms with Gasteiger partial charge in [0.2, 0.25) is 0 Å². The molecule has 1 amide bonds. The van der Waals surface area contributed by atoms with Crippen LogP contribution >= 0.6 is 0 Å². The Kier molecular flexibility index (Phi) is 6.35. The largest absolute Gasteiger partial charge is 0.376 e. The third-order valence-corrected chi connectivity index (χ3v) is 5.66. The normalized spacial score (nSPS) is 11.1. The molecule has 0 atom stereocenters. The lowest BCUT2D eigenvalue weighted by atomic mass is 10.1. The van der Waals surface area contributed by atoms with Crippen molar-refractivity contribution >= 4 is 28.7 Å². The number of carbonyl (C=O) groups is 1. The predicted octanol–water partition coefficient (Wildman–Crippen LogP) is 6.00. The first-order valence-electron chi connectivity index (χ1n) is 11.3. The molecule has 0 fully saturated rings. The molecule has 0 unspecified atom stereocenters. The van der Waals surface area contributed by atoms with Crippen LogP contribution in [0.15, 0.2) is 114 Å². The Morgan fingerprint density at radius 3 is 2.23 bits per heavy atom. The fourth-order valence-electron chi connectivity index (χ4n) is 4.08. The van der Waals surface area contributed by atoms with Crippen molar-refractivity contribution in [1.82, 2.24) is 9.99 Å². The van der Waals surface area contributed by atoms with Crippen LogP contribution < -0.4 is 10.7 Å². The van der Waals surface area contributed by atoms with Crippen molar-refractivity contribution in [2.75, 3.05) is 11.9 Å². The molecule has 1 heterocycles. The number of carbonyl (C=O) groups excluding carboxylic acids is 1. The van der Waals surface area contributed by atoms with E-state index >= 15 is 0 Å². The van der Waals surface area contributed by atoms with Gasteiger partial charge in [-0.3, -0.25) is 4.79 Å². The Hall–Kier alpha value is -4.71. The molecular formula is C29H23FN4O. The molecule has 35 heavy (non-hydrogen) atoms. The lowest BCUT2D eigenvalue weighted by Crippen LogP contribution is -2.25. The predicted molar refractivity (Wildman–Crippen MR) is 139 cm³/mol. The van der Waals surface area contributed by atoms with Crippen molar-refractivity contribution < 1.29 is 9.18 Å². The maximum Gasteiger partial charge on any atom is 0.259 e. The van der Waals surface area contributed by atoms with Crippen molar-refractivity contribution in [3.8, 4) is 16.9 Å². The van der Waals surface area contributed by atoms with E-state index in [2.05, 4.69) is 56.8 Å². The molecule has 0 bridgehead atoms. The van der Waals surface area contributed by atoms with E-state index < -0.39 is 0 Å². The summed E-state index contributed by atoms with van der Waals surface area (Å²) in [4.78, 5) is 12.4. The highest BCUT2D eigenvalue weighted by atomic mass is 19.1. The number of benzene rings is 4. The van der Waals surface area contributed by atoms with E-state index in [9.17, 15) is 9.18 Å². The number of para-hydroxylation sites is 2. The smallest absolute Gasteiger partial charge is 0.259 e. The van der Waals surface area contributed by atoms with Crippen LogP contribution in [0.25, 0.3) is 27.8 Å². The summed E-state index contributed by atoms with van der Waals surface area (Å²) in [5.74, 6) is -0.632. The van der Waals surface area contributed by atoms with Crippen LogP contribution in [-0.2, 0) is 4.79 Å². The Bertz CT molecular complexity index is 1480. The summed E-state index contributed by atoms with van der Waals surface area (Å²) in [5.41, 5.74) is 8.26. The van der Waals surface area contributed by atoms with Gasteiger partial charge in [0.1, 0.15) is 5.82 Å². The van der Waals surface area contributed by atoms with Gasteiger partial charge >= 0.3 is 0 Å². The molecule has 5 nitrogen and oxygen atoms in total. The number of nitrogens with one attached hydrogen (secondary N) is 2. The minimum absolute atomic E-state index is 0.0142. The van der Waals surface area contributed by atoms with Gasteiger partial charge in [0, 0.05) is 22.3 Å². The van der Waals surface area contributed by atoms with E-state index in [1.807, 2.05) is 48.5 Å². The number of rotatable bonds is 7. The standard InChI is InChI=1S/C29H23FN4O/c30-22-15-17-23(18-16-22)31-20-28(35)33-32-19-26-25-13-7-8-14-27(25)34(24-11-5-2-6-12-24)29(26)21-9-3-1-4-10-21/h1-19,31H,20H2,(H,33,35)/b32-19+. The molecule has 5 rings (SSSR count). The fourth-order valence-corrected chi connectivity index (χ4v) is 4.08. The van der Waals surface area contributed by atoms with Gasteiger partial charge in [-0.15, -0.1) is 0 Å². The van der Waals surface area contributed by atoms with Crippen molar-refractivity contribution in [2.24, 2.45) is 5.10 Å². The van der Waals surface area contributed by atoms with E-state index in [1.165, 1.54) is 12.1 Å². The number of hydrogen-bond donors (Lipinski definition) is 2. The zero-order chi connectivity index (χ0) is 24.0. The minimum atomic E-state index is -0.325. The first-order valence-corrected chi connectivity index (χ1v) is 11.3. The lowest BCUT2D eigenvalue weighted by Gasteiger charge is -2.12. The third-order valence-electron chi connectivity index (χ3n) is 5.66. The number of nitrogens with zero attached hydrogens (tertiary/aromatic N) is 2. The van der Waals surface area contributed by atoms with Crippen LogP contribution in [0.4, 0.5) is 10.1 Å². The van der Waals surface area contributed by atoms with Gasteiger partial charge in [0.05, 0.1) is 24.0 Å². The third kappa shape index (κ3) is 4.82. The molecular weight excluding hydrogens is 439 g/mol. The number of fused-ring (bicyclic) bond motifs is 1. The molecule has 0 saturated carbocycles. The van der Waals surface area contributed by atoms with Gasteiger partial charge < -0.3 is 9.88 Å². The van der Waals surface area contributed by atoms with Gasteiger partial charge in [-0.05, 0) is 48.0 Å². The molecule has 0 aliphatic carbocycles. The Labute approximate surface area is 202 Å². The van der Waals surface area contributed by atoms with E-state index in [1.54, 1.807) is 18.3 Å². The molecule has 0 aliphatic heterocycles. The number of hydrogen-bond acceptors (Lipinski definition) is 3. The first kappa shape index (κ1) is 22.1. The molecule has 1 aromatic heterocycles. The first-order chi connectivity index (χ1) is 17.2. The number of aromatic nitrogens is 1. The van der Waals surface area contributed by atoms with Crippen LogP contribution in [0.1, 0.15) is 5.56 Å². The van der Waals surface area contributed by atoms with Crippen molar-refractivity contribution in [3.63, 3.8) is 0 Å². The number of halogens is 1. The van der Waals surface area contributed by atoms with Crippen molar-refractivity contribution in [2.45, 2.75) is 0 Å². The number of hydrazone groups is 1. The average Bonchev–Trinajstić information content (AvgIpc) is 3.24. The zero-order valence-electron chi connectivity index (χ0n) is 18.9. The van der Waals surface area contributed by atoms with Crippen LogP contribution in [0.5, 0.6) is 0 Å². The highest BCUT2D eigenvalue weighted by molar-refractivity contribution is 6.07. The number of anilines is 1. The maximum atomic E-state index is 13.1. The monoisotopic (exact) mass is 462 g/mol. The second-order valence-corrected chi connectivity index (χ2v) is 7.97. The maximum absolute atomic E-state index is 13.1. The van der Waals surface area contributed by atoms with Gasteiger partial charge in [-0.1, -0.05) is 66.7 Å². The summed E-state index contributed by atoms with van der Waals surface area (Å²) in [7, 11) is 0. The zero-order valence-corrected chi connectivity index (χ0v) is 18.9. The molecule has 172 valence electrons. The SMILES string of the molecule is O=C(CNc1ccc(F)cc1)N/N=C/c1c(-c2ccccc2)n(-c2ccccc2)c2ccccc12. The van der Waals surface area contributed by atoms with E-state index in [0.29, 0.717) is 5.69 Å². The van der Waals surface area contributed by atoms with E-state index in [0.717, 1.165) is 33.4 Å². The summed E-state index contributed by atoms with van der Waals surface area (Å²) >= 11 is 0. The molecule has 6 heteroatoms. The van der Waals surface area contributed by atoms with Gasteiger partial charge in [0.25, 0.3) is 5.91 Å². The van der Waals surface area contributed by atoms with E-state index in [4.69, 9.17) is 0 Å². The lowest BCUT2D eigenvalue weighted by molar-refractivity contribution is -0.119. The summed E-state index contributed by atoms with van der Waals surface area (Å²) in [6.45, 7) is 0.0142. The second kappa shape index (κ2) is 10.1. The summed E-state index contributed by atoms with van der Waals surface area (Å²) in [6, 6.07) is 34.3. The van der Waals surface area contributed by atoms with Crippen molar-refractivity contribution in [3.05, 3.63) is 121 Å². The summed E-state index contributed by atoms with van der Waals surface area (Å²) < 4.78 is 15.3. The van der Waals surface area contributed by atoms with Crippen molar-refractivity contribution in [1.29, 1.82) is 0 Å². The van der Waals surface area contributed by atoms with Gasteiger partial charge in [-0.2, -0.15) is 5.10 Å². The van der Waals surface area contributed by atoms with Gasteiger partial charge in [0.15, 0.2) is 0 Å². The summed E-state index contributed by atoms with van der Waals surface area (Å²) in [6.07, 6.45) is 1.69. The molecule has 4 aromatic carbocycles. The summed E-state index contributed by atoms with van der Waals surface area (Å²) in [5, 5.41) is 8.26. The number of amides is 1. The highest BCUT2D eigenvalue weighted by Crippen LogP contribution is 2.35. The Morgan fingerprint density at radius 1 is 0.829 bits per heavy atom. The molecule has 5 aromatic rings. The molecule has 0 aliphatic rings.